The molecule has 5 heteroatoms. The van der Waals surface area contributed by atoms with Gasteiger partial charge in [-0.2, -0.15) is 5.26 Å². The average molecular weight is 294 g/mol. The molecule has 22 heavy (non-hydrogen) atoms. The lowest BCUT2D eigenvalue weighted by Crippen LogP contribution is -2.37. The van der Waals surface area contributed by atoms with Crippen LogP contribution >= 0.6 is 0 Å². The molecule has 2 aromatic rings. The van der Waals surface area contributed by atoms with Crippen LogP contribution in [0, 0.1) is 11.3 Å². The Labute approximate surface area is 129 Å². The van der Waals surface area contributed by atoms with Crippen LogP contribution in [0.15, 0.2) is 30.6 Å². The van der Waals surface area contributed by atoms with Crippen LogP contribution < -0.4 is 0 Å². The minimum Gasteiger partial charge on any atom is -0.332 e. The van der Waals surface area contributed by atoms with Gasteiger partial charge in [0, 0.05) is 24.6 Å². The van der Waals surface area contributed by atoms with E-state index >= 15 is 0 Å². The van der Waals surface area contributed by atoms with E-state index < -0.39 is 0 Å². The zero-order valence-electron chi connectivity index (χ0n) is 12.8. The monoisotopic (exact) mass is 294 g/mol. The fourth-order valence-electron chi connectivity index (χ4n) is 2.83. The second-order valence-electron chi connectivity index (χ2n) is 5.81. The molecule has 0 fully saturated rings. The van der Waals surface area contributed by atoms with E-state index in [-0.39, 0.29) is 5.91 Å². The number of carbonyl (C=O) groups excluding carboxylic acids is 1. The molecule has 0 bridgehead atoms. The maximum absolute atomic E-state index is 12.7. The zero-order valence-corrected chi connectivity index (χ0v) is 12.8. The van der Waals surface area contributed by atoms with E-state index in [0.717, 1.165) is 17.8 Å². The summed E-state index contributed by atoms with van der Waals surface area (Å²) in [5.74, 6) is -0.0285. The molecule has 112 valence electrons. The molecule has 0 saturated carbocycles. The Hall–Kier alpha value is -2.61. The summed E-state index contributed by atoms with van der Waals surface area (Å²) in [5.41, 5.74) is 3.28. The minimum atomic E-state index is -0.0285. The highest BCUT2D eigenvalue weighted by molar-refractivity contribution is 5.94. The molecule has 5 nitrogen and oxygen atoms in total. The van der Waals surface area contributed by atoms with Crippen molar-refractivity contribution in [2.24, 2.45) is 0 Å². The van der Waals surface area contributed by atoms with Gasteiger partial charge >= 0.3 is 0 Å². The van der Waals surface area contributed by atoms with Gasteiger partial charge in [0.1, 0.15) is 0 Å². The maximum atomic E-state index is 12.7. The molecule has 1 aromatic carbocycles. The van der Waals surface area contributed by atoms with Crippen LogP contribution in [-0.2, 0) is 13.0 Å². The third-order valence-electron chi connectivity index (χ3n) is 4.02. The summed E-state index contributed by atoms with van der Waals surface area (Å²) in [6.07, 6.45) is 2.64. The van der Waals surface area contributed by atoms with Crippen molar-refractivity contribution in [2.75, 3.05) is 6.54 Å². The van der Waals surface area contributed by atoms with Crippen molar-refractivity contribution in [3.05, 3.63) is 53.1 Å². The third kappa shape index (κ3) is 2.48. The highest BCUT2D eigenvalue weighted by atomic mass is 16.2. The summed E-state index contributed by atoms with van der Waals surface area (Å²) in [7, 11) is 0. The quantitative estimate of drug-likeness (QED) is 0.855. The van der Waals surface area contributed by atoms with Gasteiger partial charge in [0.2, 0.25) is 0 Å². The van der Waals surface area contributed by atoms with Crippen LogP contribution in [-0.4, -0.2) is 26.9 Å². The predicted molar refractivity (Wildman–Crippen MR) is 82.2 cm³/mol. The topological polar surface area (TPSA) is 61.9 Å². The van der Waals surface area contributed by atoms with Gasteiger partial charge in [-0.3, -0.25) is 4.79 Å². The maximum Gasteiger partial charge on any atom is 0.254 e. The van der Waals surface area contributed by atoms with Crippen LogP contribution in [0.25, 0.3) is 0 Å². The van der Waals surface area contributed by atoms with E-state index in [1.54, 1.807) is 24.3 Å². The second kappa shape index (κ2) is 5.64. The fraction of sp³-hybridized carbons (Fsp3) is 0.353. The number of hydrogen-bond acceptors (Lipinski definition) is 3. The van der Waals surface area contributed by atoms with E-state index in [1.807, 2.05) is 11.2 Å². The number of nitrogens with zero attached hydrogens (tertiary/aromatic N) is 4. The van der Waals surface area contributed by atoms with Crippen LogP contribution in [0.4, 0.5) is 0 Å². The summed E-state index contributed by atoms with van der Waals surface area (Å²) in [4.78, 5) is 19.0. The lowest BCUT2D eigenvalue weighted by atomic mass is 10.1. The number of imidazole rings is 1. The number of aromatic nitrogens is 2. The lowest BCUT2D eigenvalue weighted by Gasteiger charge is -2.28. The van der Waals surface area contributed by atoms with Gasteiger partial charge in [-0.05, 0) is 32.0 Å². The first-order valence-electron chi connectivity index (χ1n) is 7.44. The Morgan fingerprint density at radius 2 is 2.23 bits per heavy atom. The molecule has 1 aromatic heterocycles. The molecule has 0 unspecified atom stereocenters. The number of amides is 1. The molecule has 0 saturated heterocycles. The van der Waals surface area contributed by atoms with Crippen molar-refractivity contribution >= 4 is 5.91 Å². The highest BCUT2D eigenvalue weighted by Crippen LogP contribution is 2.22. The van der Waals surface area contributed by atoms with Crippen molar-refractivity contribution in [2.45, 2.75) is 32.9 Å². The number of hydrogen-bond donors (Lipinski definition) is 0. The Kier molecular flexibility index (Phi) is 3.68. The van der Waals surface area contributed by atoms with Gasteiger partial charge in [-0.1, -0.05) is 6.07 Å². The molecule has 0 aliphatic carbocycles. The van der Waals surface area contributed by atoms with Crippen LogP contribution in [0.5, 0.6) is 0 Å². The number of carbonyl (C=O) groups is 1. The molecule has 1 aliphatic rings. The molecule has 0 spiro atoms. The van der Waals surface area contributed by atoms with Crippen molar-refractivity contribution in [1.82, 2.24) is 14.5 Å². The predicted octanol–water partition coefficient (Wildman–Crippen LogP) is 2.53. The summed E-state index contributed by atoms with van der Waals surface area (Å²) in [6, 6.07) is 9.27. The van der Waals surface area contributed by atoms with E-state index in [9.17, 15) is 4.79 Å². The zero-order chi connectivity index (χ0) is 15.7. The van der Waals surface area contributed by atoms with Gasteiger partial charge in [-0.25, -0.2) is 4.98 Å². The molecular formula is C17H18N4O. The molecule has 0 radical (unpaired) electrons. The molecule has 2 heterocycles. The molecule has 0 N–H and O–H groups in total. The Bertz CT molecular complexity index is 754. The van der Waals surface area contributed by atoms with E-state index in [1.165, 1.54) is 0 Å². The lowest BCUT2D eigenvalue weighted by molar-refractivity contribution is 0.0728. The largest absolute Gasteiger partial charge is 0.332 e. The average Bonchev–Trinajstić information content (AvgIpc) is 2.97. The van der Waals surface area contributed by atoms with Crippen molar-refractivity contribution in [3.63, 3.8) is 0 Å². The standard InChI is InChI=1S/C17H18N4O/c1-12(2)21-11-19-15-6-7-20(10-16(15)21)17(22)14-5-3-4-13(8-14)9-18/h3-5,8,11-12H,6-7,10H2,1-2H3. The van der Waals surface area contributed by atoms with Crippen LogP contribution in [0.2, 0.25) is 0 Å². The molecule has 1 aliphatic heterocycles. The Morgan fingerprint density at radius 3 is 2.95 bits per heavy atom. The van der Waals surface area contributed by atoms with Crippen LogP contribution in [0.1, 0.15) is 47.2 Å². The SMILES string of the molecule is CC(C)n1cnc2c1CN(C(=O)c1cccc(C#N)c1)CC2. The summed E-state index contributed by atoms with van der Waals surface area (Å²) in [5, 5.41) is 8.97. The first-order chi connectivity index (χ1) is 10.6. The van der Waals surface area contributed by atoms with Gasteiger partial charge in [0.25, 0.3) is 5.91 Å². The fourth-order valence-corrected chi connectivity index (χ4v) is 2.83. The number of nitriles is 1. The van der Waals surface area contributed by atoms with E-state index in [4.69, 9.17) is 5.26 Å². The first kappa shape index (κ1) is 14.3. The summed E-state index contributed by atoms with van der Waals surface area (Å²) in [6.45, 7) is 5.46. The minimum absolute atomic E-state index is 0.0285. The normalized spacial score (nSPS) is 13.8. The van der Waals surface area contributed by atoms with E-state index in [0.29, 0.717) is 30.3 Å². The van der Waals surface area contributed by atoms with Crippen molar-refractivity contribution in [1.29, 1.82) is 5.26 Å². The Morgan fingerprint density at radius 1 is 1.41 bits per heavy atom. The van der Waals surface area contributed by atoms with E-state index in [2.05, 4.69) is 29.5 Å². The number of benzene rings is 1. The number of rotatable bonds is 2. The molecule has 3 rings (SSSR count). The van der Waals surface area contributed by atoms with Gasteiger partial charge < -0.3 is 9.47 Å². The number of fused-ring (bicyclic) bond motifs is 1. The third-order valence-corrected chi connectivity index (χ3v) is 4.02. The first-order valence-corrected chi connectivity index (χ1v) is 7.44. The van der Waals surface area contributed by atoms with Gasteiger partial charge in [0.15, 0.2) is 0 Å². The molecular weight excluding hydrogens is 276 g/mol. The van der Waals surface area contributed by atoms with Crippen molar-refractivity contribution in [3.8, 4) is 6.07 Å². The highest BCUT2D eigenvalue weighted by Gasteiger charge is 2.25. The molecule has 0 atom stereocenters. The van der Waals surface area contributed by atoms with Crippen LogP contribution in [0.3, 0.4) is 0 Å². The Balaban J connectivity index is 1.86. The summed E-state index contributed by atoms with van der Waals surface area (Å²) < 4.78 is 2.13. The van der Waals surface area contributed by atoms with Gasteiger partial charge in [0.05, 0.1) is 35.9 Å². The van der Waals surface area contributed by atoms with Crippen molar-refractivity contribution < 1.29 is 4.79 Å². The van der Waals surface area contributed by atoms with Gasteiger partial charge in [-0.15, -0.1) is 0 Å². The second-order valence-corrected chi connectivity index (χ2v) is 5.81. The molecule has 1 amide bonds. The summed E-state index contributed by atoms with van der Waals surface area (Å²) >= 11 is 0. The smallest absolute Gasteiger partial charge is 0.254 e.